The Balaban J connectivity index is 2.01. The number of rotatable bonds is 4. The minimum Gasteiger partial charge on any atom is -0.383 e. The summed E-state index contributed by atoms with van der Waals surface area (Å²) in [5.74, 6) is 2.51. The highest BCUT2D eigenvalue weighted by Gasteiger charge is 2.29. The van der Waals surface area contributed by atoms with Crippen molar-refractivity contribution in [2.24, 2.45) is 0 Å². The van der Waals surface area contributed by atoms with Crippen LogP contribution in [0.5, 0.6) is 0 Å². The van der Waals surface area contributed by atoms with E-state index < -0.39 is 0 Å². The van der Waals surface area contributed by atoms with Crippen molar-refractivity contribution in [2.75, 3.05) is 5.73 Å². The van der Waals surface area contributed by atoms with Crippen LogP contribution in [-0.4, -0.2) is 9.55 Å². The first-order valence-corrected chi connectivity index (χ1v) is 7.58. The summed E-state index contributed by atoms with van der Waals surface area (Å²) in [6.45, 7) is 6.56. The molecule has 0 bridgehead atoms. The molecule has 0 spiro atoms. The van der Waals surface area contributed by atoms with Gasteiger partial charge >= 0.3 is 0 Å². The number of anilines is 1. The van der Waals surface area contributed by atoms with Gasteiger partial charge in [-0.2, -0.15) is 0 Å². The maximum Gasteiger partial charge on any atom is 0.131 e. The molecule has 0 amide bonds. The molecule has 106 valence electrons. The second-order valence-corrected chi connectivity index (χ2v) is 5.99. The van der Waals surface area contributed by atoms with Gasteiger partial charge < -0.3 is 10.3 Å². The molecule has 2 N–H and O–H groups in total. The Morgan fingerprint density at radius 1 is 1.25 bits per heavy atom. The van der Waals surface area contributed by atoms with E-state index in [1.54, 1.807) is 0 Å². The largest absolute Gasteiger partial charge is 0.383 e. The van der Waals surface area contributed by atoms with Crippen LogP contribution in [0, 0.1) is 0 Å². The number of aryl methyl sites for hydroxylation is 1. The first kappa shape index (κ1) is 13.2. The number of aromatic nitrogens is 2. The third-order valence-electron chi connectivity index (χ3n) is 4.10. The predicted molar refractivity (Wildman–Crippen MR) is 83.8 cm³/mol. The van der Waals surface area contributed by atoms with Crippen LogP contribution >= 0.6 is 0 Å². The molecule has 1 aliphatic rings. The lowest BCUT2D eigenvalue weighted by Gasteiger charge is -2.07. The fourth-order valence-electron chi connectivity index (χ4n) is 2.72. The summed E-state index contributed by atoms with van der Waals surface area (Å²) in [7, 11) is 0. The average molecular weight is 269 g/mol. The zero-order chi connectivity index (χ0) is 14.3. The van der Waals surface area contributed by atoms with Gasteiger partial charge in [-0.15, -0.1) is 0 Å². The number of hydrogen-bond acceptors (Lipinski definition) is 2. The van der Waals surface area contributed by atoms with E-state index in [0.29, 0.717) is 12.0 Å². The molecule has 1 aliphatic carbocycles. The van der Waals surface area contributed by atoms with Crippen LogP contribution in [0.1, 0.15) is 57.0 Å². The van der Waals surface area contributed by atoms with Gasteiger partial charge in [-0.25, -0.2) is 4.98 Å². The van der Waals surface area contributed by atoms with E-state index in [0.717, 1.165) is 29.3 Å². The average Bonchev–Trinajstić information content (AvgIpc) is 3.22. The Bertz CT molecular complexity index is 604. The molecule has 1 heterocycles. The van der Waals surface area contributed by atoms with Crippen LogP contribution in [-0.2, 0) is 6.42 Å². The highest BCUT2D eigenvalue weighted by atomic mass is 15.2. The monoisotopic (exact) mass is 269 g/mol. The molecule has 0 aliphatic heterocycles. The van der Waals surface area contributed by atoms with Crippen LogP contribution in [0.25, 0.3) is 11.3 Å². The van der Waals surface area contributed by atoms with E-state index >= 15 is 0 Å². The van der Waals surface area contributed by atoms with Crippen LogP contribution in [0.2, 0.25) is 0 Å². The molecule has 0 unspecified atom stereocenters. The molecule has 1 aromatic heterocycles. The van der Waals surface area contributed by atoms with Crippen molar-refractivity contribution >= 4 is 5.82 Å². The van der Waals surface area contributed by atoms with E-state index in [1.807, 2.05) is 0 Å². The van der Waals surface area contributed by atoms with Gasteiger partial charge in [0.1, 0.15) is 17.3 Å². The molecule has 1 saturated carbocycles. The number of nitrogen functional groups attached to an aromatic ring is 1. The Morgan fingerprint density at radius 2 is 1.90 bits per heavy atom. The second-order valence-electron chi connectivity index (χ2n) is 5.99. The van der Waals surface area contributed by atoms with Crippen LogP contribution in [0.3, 0.4) is 0 Å². The summed E-state index contributed by atoms with van der Waals surface area (Å²) >= 11 is 0. The van der Waals surface area contributed by atoms with E-state index in [-0.39, 0.29) is 0 Å². The summed E-state index contributed by atoms with van der Waals surface area (Å²) in [4.78, 5) is 4.77. The van der Waals surface area contributed by atoms with Gasteiger partial charge in [0, 0.05) is 18.0 Å². The molecule has 3 heteroatoms. The SMILES string of the molecule is CCc1nc(-c2ccc(C(C)C)cc2)c(N)n1C1CC1. The van der Waals surface area contributed by atoms with E-state index in [9.17, 15) is 0 Å². The zero-order valence-corrected chi connectivity index (χ0v) is 12.6. The van der Waals surface area contributed by atoms with Crippen LogP contribution in [0.15, 0.2) is 24.3 Å². The van der Waals surface area contributed by atoms with E-state index in [1.165, 1.54) is 18.4 Å². The Morgan fingerprint density at radius 3 is 2.40 bits per heavy atom. The van der Waals surface area contributed by atoms with Crippen molar-refractivity contribution < 1.29 is 0 Å². The van der Waals surface area contributed by atoms with Crippen LogP contribution in [0.4, 0.5) is 5.82 Å². The van der Waals surface area contributed by atoms with Gasteiger partial charge in [-0.05, 0) is 24.3 Å². The maximum atomic E-state index is 6.35. The number of hydrogen-bond donors (Lipinski definition) is 1. The molecule has 3 rings (SSSR count). The smallest absolute Gasteiger partial charge is 0.131 e. The van der Waals surface area contributed by atoms with Crippen molar-refractivity contribution in [3.63, 3.8) is 0 Å². The molecule has 0 radical (unpaired) electrons. The van der Waals surface area contributed by atoms with E-state index in [4.69, 9.17) is 10.7 Å². The quantitative estimate of drug-likeness (QED) is 0.906. The Kier molecular flexibility index (Phi) is 3.28. The minimum atomic E-state index is 0.552. The lowest BCUT2D eigenvalue weighted by Crippen LogP contribution is -2.04. The first-order valence-electron chi connectivity index (χ1n) is 7.58. The van der Waals surface area contributed by atoms with Gasteiger partial charge in [-0.1, -0.05) is 45.0 Å². The molecule has 3 nitrogen and oxygen atoms in total. The van der Waals surface area contributed by atoms with Crippen molar-refractivity contribution in [3.05, 3.63) is 35.7 Å². The van der Waals surface area contributed by atoms with Crippen LogP contribution < -0.4 is 5.73 Å². The molecule has 1 fully saturated rings. The van der Waals surface area contributed by atoms with Gasteiger partial charge in [0.2, 0.25) is 0 Å². The topological polar surface area (TPSA) is 43.8 Å². The molecular formula is C17H23N3. The van der Waals surface area contributed by atoms with E-state index in [2.05, 4.69) is 49.6 Å². The van der Waals surface area contributed by atoms with Crippen molar-refractivity contribution in [1.29, 1.82) is 0 Å². The number of benzene rings is 1. The fraction of sp³-hybridized carbons (Fsp3) is 0.471. The molecular weight excluding hydrogens is 246 g/mol. The third-order valence-corrected chi connectivity index (χ3v) is 4.10. The lowest BCUT2D eigenvalue weighted by molar-refractivity contribution is 0.696. The van der Waals surface area contributed by atoms with Crippen molar-refractivity contribution in [2.45, 2.75) is 52.0 Å². The fourth-order valence-corrected chi connectivity index (χ4v) is 2.72. The normalized spacial score (nSPS) is 15.0. The van der Waals surface area contributed by atoms with Gasteiger partial charge in [0.25, 0.3) is 0 Å². The summed E-state index contributed by atoms with van der Waals surface area (Å²) in [5, 5.41) is 0. The Labute approximate surface area is 120 Å². The zero-order valence-electron chi connectivity index (χ0n) is 12.6. The third kappa shape index (κ3) is 2.21. The number of imidazole rings is 1. The molecule has 20 heavy (non-hydrogen) atoms. The van der Waals surface area contributed by atoms with Crippen molar-refractivity contribution in [3.8, 4) is 11.3 Å². The first-order chi connectivity index (χ1) is 9.61. The van der Waals surface area contributed by atoms with Gasteiger partial charge in [0.15, 0.2) is 0 Å². The second kappa shape index (κ2) is 4.97. The Hall–Kier alpha value is -1.77. The molecule has 0 atom stereocenters. The minimum absolute atomic E-state index is 0.552. The van der Waals surface area contributed by atoms with Crippen molar-refractivity contribution in [1.82, 2.24) is 9.55 Å². The highest BCUT2D eigenvalue weighted by Crippen LogP contribution is 2.41. The number of nitrogens with two attached hydrogens (primary N) is 1. The van der Waals surface area contributed by atoms with Gasteiger partial charge in [0.05, 0.1) is 0 Å². The summed E-state index contributed by atoms with van der Waals surface area (Å²) in [6.07, 6.45) is 3.41. The maximum absolute atomic E-state index is 6.35. The molecule has 1 aromatic carbocycles. The molecule has 2 aromatic rings. The summed E-state index contributed by atoms with van der Waals surface area (Å²) < 4.78 is 2.24. The standard InChI is InChI=1S/C17H23N3/c1-4-15-19-16(17(18)20(15)14-9-10-14)13-7-5-12(6-8-13)11(2)3/h5-8,11,14H,4,9-10,18H2,1-3H3. The number of nitrogens with zero attached hydrogens (tertiary/aromatic N) is 2. The molecule has 0 saturated heterocycles. The summed E-state index contributed by atoms with van der Waals surface area (Å²) in [5.41, 5.74) is 9.78. The summed E-state index contributed by atoms with van der Waals surface area (Å²) in [6, 6.07) is 9.23. The highest BCUT2D eigenvalue weighted by molar-refractivity contribution is 5.71. The predicted octanol–water partition coefficient (Wildman–Crippen LogP) is 4.15. The lowest BCUT2D eigenvalue weighted by atomic mass is 10.0. The van der Waals surface area contributed by atoms with Gasteiger partial charge in [-0.3, -0.25) is 0 Å².